The molecule has 2 heterocycles. The number of aliphatic hydroxyl groups excluding tert-OH is 1. The van der Waals surface area contributed by atoms with Crippen LogP contribution in [-0.2, 0) is 4.79 Å². The van der Waals surface area contributed by atoms with Gasteiger partial charge in [-0.25, -0.2) is 4.79 Å². The van der Waals surface area contributed by atoms with Gasteiger partial charge in [0.1, 0.15) is 5.54 Å². The van der Waals surface area contributed by atoms with Crippen molar-refractivity contribution in [1.29, 1.82) is 0 Å². The molecule has 0 aromatic carbocycles. The number of imide groups is 1. The minimum atomic E-state index is -0.716. The molecule has 1 unspecified atom stereocenters. The minimum Gasteiger partial charge on any atom is -0.396 e. The van der Waals surface area contributed by atoms with E-state index in [0.29, 0.717) is 25.9 Å². The summed E-state index contributed by atoms with van der Waals surface area (Å²) in [5.74, 6) is -0.161. The molecule has 2 aliphatic heterocycles. The molecule has 15 heavy (non-hydrogen) atoms. The maximum atomic E-state index is 12.0. The average Bonchev–Trinajstić information content (AvgIpc) is 2.75. The SMILES string of the molecule is O=C1NC2(CCNC2)C(=O)N1CCCO. The molecule has 3 N–H and O–H groups in total. The summed E-state index contributed by atoms with van der Waals surface area (Å²) in [5.41, 5.74) is -0.716. The van der Waals surface area contributed by atoms with Crippen molar-refractivity contribution in [3.63, 3.8) is 0 Å². The molecule has 1 spiro atoms. The van der Waals surface area contributed by atoms with Gasteiger partial charge >= 0.3 is 6.03 Å². The zero-order valence-electron chi connectivity index (χ0n) is 8.45. The largest absolute Gasteiger partial charge is 0.396 e. The zero-order chi connectivity index (χ0) is 10.9. The monoisotopic (exact) mass is 213 g/mol. The van der Waals surface area contributed by atoms with Crippen LogP contribution in [0.3, 0.4) is 0 Å². The molecular formula is C9H15N3O3. The van der Waals surface area contributed by atoms with Crippen molar-refractivity contribution in [2.75, 3.05) is 26.2 Å². The molecule has 0 aromatic heterocycles. The Morgan fingerprint density at radius 2 is 2.27 bits per heavy atom. The number of carbonyl (C=O) groups is 2. The van der Waals surface area contributed by atoms with Gasteiger partial charge in [0.25, 0.3) is 5.91 Å². The molecule has 0 saturated carbocycles. The molecule has 1 atom stereocenters. The van der Waals surface area contributed by atoms with Gasteiger partial charge < -0.3 is 15.7 Å². The first-order valence-electron chi connectivity index (χ1n) is 5.15. The third-order valence-electron chi connectivity index (χ3n) is 2.94. The van der Waals surface area contributed by atoms with Gasteiger partial charge in [-0.1, -0.05) is 0 Å². The highest BCUT2D eigenvalue weighted by Gasteiger charge is 2.52. The fourth-order valence-corrected chi connectivity index (χ4v) is 2.09. The van der Waals surface area contributed by atoms with E-state index in [1.807, 2.05) is 0 Å². The molecular weight excluding hydrogens is 198 g/mol. The molecule has 2 saturated heterocycles. The molecule has 3 amide bonds. The third-order valence-corrected chi connectivity index (χ3v) is 2.94. The Labute approximate surface area is 87.6 Å². The molecule has 2 aliphatic rings. The van der Waals surface area contributed by atoms with E-state index in [2.05, 4.69) is 10.6 Å². The average molecular weight is 213 g/mol. The van der Waals surface area contributed by atoms with E-state index in [0.717, 1.165) is 6.54 Å². The highest BCUT2D eigenvalue weighted by atomic mass is 16.3. The Balaban J connectivity index is 2.08. The van der Waals surface area contributed by atoms with Crippen molar-refractivity contribution in [3.05, 3.63) is 0 Å². The van der Waals surface area contributed by atoms with E-state index in [-0.39, 0.29) is 18.5 Å². The second-order valence-corrected chi connectivity index (χ2v) is 3.97. The number of aliphatic hydroxyl groups is 1. The van der Waals surface area contributed by atoms with Crippen molar-refractivity contribution in [1.82, 2.24) is 15.5 Å². The summed E-state index contributed by atoms with van der Waals surface area (Å²) in [4.78, 5) is 24.7. The zero-order valence-corrected chi connectivity index (χ0v) is 8.45. The lowest BCUT2D eigenvalue weighted by atomic mass is 9.99. The first kappa shape index (κ1) is 10.4. The Bertz CT molecular complexity index is 286. The number of hydrogen-bond donors (Lipinski definition) is 3. The van der Waals surface area contributed by atoms with Crippen LogP contribution < -0.4 is 10.6 Å². The fraction of sp³-hybridized carbons (Fsp3) is 0.778. The minimum absolute atomic E-state index is 0.0116. The summed E-state index contributed by atoms with van der Waals surface area (Å²) >= 11 is 0. The lowest BCUT2D eigenvalue weighted by Gasteiger charge is -2.18. The fourth-order valence-electron chi connectivity index (χ4n) is 2.09. The third kappa shape index (κ3) is 1.59. The molecule has 0 bridgehead atoms. The van der Waals surface area contributed by atoms with Crippen LogP contribution in [0.15, 0.2) is 0 Å². The van der Waals surface area contributed by atoms with E-state index in [9.17, 15) is 9.59 Å². The Morgan fingerprint density at radius 1 is 1.47 bits per heavy atom. The lowest BCUT2D eigenvalue weighted by molar-refractivity contribution is -0.130. The van der Waals surface area contributed by atoms with Crippen molar-refractivity contribution in [2.45, 2.75) is 18.4 Å². The Hall–Kier alpha value is -1.14. The maximum Gasteiger partial charge on any atom is 0.325 e. The van der Waals surface area contributed by atoms with E-state index >= 15 is 0 Å². The normalized spacial score (nSPS) is 30.3. The van der Waals surface area contributed by atoms with Gasteiger partial charge in [0.2, 0.25) is 0 Å². The van der Waals surface area contributed by atoms with Gasteiger partial charge in [0.15, 0.2) is 0 Å². The molecule has 2 fully saturated rings. The van der Waals surface area contributed by atoms with Crippen LogP contribution in [0.2, 0.25) is 0 Å². The molecule has 0 aliphatic carbocycles. The Kier molecular flexibility index (Phi) is 2.62. The van der Waals surface area contributed by atoms with Gasteiger partial charge in [-0.2, -0.15) is 0 Å². The number of urea groups is 1. The maximum absolute atomic E-state index is 12.0. The van der Waals surface area contributed by atoms with Crippen LogP contribution in [0.4, 0.5) is 4.79 Å². The summed E-state index contributed by atoms with van der Waals surface area (Å²) in [6.45, 7) is 1.54. The summed E-state index contributed by atoms with van der Waals surface area (Å²) in [5, 5.41) is 14.5. The van der Waals surface area contributed by atoms with E-state index in [1.165, 1.54) is 4.90 Å². The predicted molar refractivity (Wildman–Crippen MR) is 52.2 cm³/mol. The molecule has 0 radical (unpaired) electrons. The number of nitrogens with one attached hydrogen (secondary N) is 2. The van der Waals surface area contributed by atoms with Gasteiger partial charge in [-0.3, -0.25) is 9.69 Å². The molecule has 2 rings (SSSR count). The number of rotatable bonds is 3. The van der Waals surface area contributed by atoms with Gasteiger partial charge in [0.05, 0.1) is 0 Å². The van der Waals surface area contributed by atoms with E-state index in [1.54, 1.807) is 0 Å². The first-order valence-corrected chi connectivity index (χ1v) is 5.15. The summed E-state index contributed by atoms with van der Waals surface area (Å²) in [7, 11) is 0. The van der Waals surface area contributed by atoms with Crippen LogP contribution in [0.5, 0.6) is 0 Å². The quantitative estimate of drug-likeness (QED) is 0.506. The lowest BCUT2D eigenvalue weighted by Crippen LogP contribution is -2.48. The van der Waals surface area contributed by atoms with E-state index in [4.69, 9.17) is 5.11 Å². The van der Waals surface area contributed by atoms with Crippen LogP contribution in [0.25, 0.3) is 0 Å². The summed E-state index contributed by atoms with van der Waals surface area (Å²) in [6.07, 6.45) is 1.08. The highest BCUT2D eigenvalue weighted by molar-refractivity contribution is 6.07. The van der Waals surface area contributed by atoms with Crippen LogP contribution >= 0.6 is 0 Å². The van der Waals surface area contributed by atoms with Crippen LogP contribution in [-0.4, -0.2) is 53.7 Å². The first-order chi connectivity index (χ1) is 7.19. The van der Waals surface area contributed by atoms with E-state index < -0.39 is 5.54 Å². The van der Waals surface area contributed by atoms with Crippen LogP contribution in [0, 0.1) is 0 Å². The second kappa shape index (κ2) is 3.79. The second-order valence-electron chi connectivity index (χ2n) is 3.97. The van der Waals surface area contributed by atoms with Crippen LogP contribution in [0.1, 0.15) is 12.8 Å². The molecule has 6 nitrogen and oxygen atoms in total. The smallest absolute Gasteiger partial charge is 0.325 e. The van der Waals surface area contributed by atoms with Gasteiger partial charge in [0, 0.05) is 19.7 Å². The number of carbonyl (C=O) groups excluding carboxylic acids is 2. The topological polar surface area (TPSA) is 81.7 Å². The standard InChI is InChI=1S/C9H15N3O3/c13-5-1-4-12-7(14)9(11-8(12)15)2-3-10-6-9/h10,13H,1-6H2,(H,11,15). The molecule has 0 aromatic rings. The van der Waals surface area contributed by atoms with Crippen molar-refractivity contribution < 1.29 is 14.7 Å². The van der Waals surface area contributed by atoms with Crippen molar-refractivity contribution in [3.8, 4) is 0 Å². The predicted octanol–water partition coefficient (Wildman–Crippen LogP) is -1.35. The van der Waals surface area contributed by atoms with Gasteiger partial charge in [-0.05, 0) is 19.4 Å². The summed E-state index contributed by atoms with van der Waals surface area (Å²) < 4.78 is 0. The van der Waals surface area contributed by atoms with Crippen molar-refractivity contribution >= 4 is 11.9 Å². The molecule has 84 valence electrons. The van der Waals surface area contributed by atoms with Gasteiger partial charge in [-0.15, -0.1) is 0 Å². The van der Waals surface area contributed by atoms with Crippen molar-refractivity contribution in [2.24, 2.45) is 0 Å². The Morgan fingerprint density at radius 3 is 2.87 bits per heavy atom. The molecule has 6 heteroatoms. The number of nitrogens with zero attached hydrogens (tertiary/aromatic N) is 1. The summed E-state index contributed by atoms with van der Waals surface area (Å²) in [6, 6.07) is -0.336. The number of amides is 3. The number of hydrogen-bond acceptors (Lipinski definition) is 4. The highest BCUT2D eigenvalue weighted by Crippen LogP contribution is 2.24.